The molecule has 0 fully saturated rings. The molecule has 1 heterocycles. The third kappa shape index (κ3) is 4.52. The van der Waals surface area contributed by atoms with Gasteiger partial charge in [0.05, 0.1) is 12.2 Å². The van der Waals surface area contributed by atoms with Crippen molar-refractivity contribution in [3.63, 3.8) is 0 Å². The predicted molar refractivity (Wildman–Crippen MR) is 99.6 cm³/mol. The van der Waals surface area contributed by atoms with E-state index in [9.17, 15) is 13.2 Å². The van der Waals surface area contributed by atoms with Crippen molar-refractivity contribution in [2.45, 2.75) is 12.2 Å². The minimum atomic E-state index is -3.56. The van der Waals surface area contributed by atoms with Crippen LogP contribution in [0.5, 0.6) is 0 Å². The first kappa shape index (κ1) is 18.2. The second-order valence-electron chi connectivity index (χ2n) is 5.78. The maximum atomic E-state index is 12.2. The maximum absolute atomic E-state index is 12.2. The average Bonchev–Trinajstić information content (AvgIpc) is 2.81. The van der Waals surface area contributed by atoms with Crippen LogP contribution in [0.2, 0.25) is 10.0 Å². The number of benzene rings is 2. The summed E-state index contributed by atoms with van der Waals surface area (Å²) in [6.07, 6.45) is 0.351. The van der Waals surface area contributed by atoms with E-state index >= 15 is 0 Å². The van der Waals surface area contributed by atoms with Crippen LogP contribution < -0.4 is 9.62 Å². The van der Waals surface area contributed by atoms with Gasteiger partial charge in [0.25, 0.3) is 0 Å². The molecule has 1 N–H and O–H groups in total. The number of para-hydroxylation sites is 1. The minimum absolute atomic E-state index is 0.0259. The Hall–Kier alpha value is -1.60. The van der Waals surface area contributed by atoms with Crippen molar-refractivity contribution < 1.29 is 13.2 Å². The van der Waals surface area contributed by atoms with Gasteiger partial charge in [-0.3, -0.25) is 4.79 Å². The number of sulfonamides is 1. The van der Waals surface area contributed by atoms with Gasteiger partial charge in [0, 0.05) is 28.8 Å². The van der Waals surface area contributed by atoms with E-state index in [4.69, 9.17) is 23.2 Å². The van der Waals surface area contributed by atoms with E-state index in [1.54, 1.807) is 23.1 Å². The van der Waals surface area contributed by atoms with Crippen LogP contribution in [0.25, 0.3) is 0 Å². The molecule has 0 aliphatic carbocycles. The van der Waals surface area contributed by atoms with Gasteiger partial charge >= 0.3 is 0 Å². The summed E-state index contributed by atoms with van der Waals surface area (Å²) in [5, 5.41) is 0.772. The molecule has 0 spiro atoms. The van der Waals surface area contributed by atoms with Crippen molar-refractivity contribution in [1.29, 1.82) is 0 Å². The van der Waals surface area contributed by atoms with E-state index in [0.29, 0.717) is 22.0 Å². The average molecular weight is 399 g/mol. The van der Waals surface area contributed by atoms with Crippen LogP contribution in [0.3, 0.4) is 0 Å². The highest BCUT2D eigenvalue weighted by molar-refractivity contribution is 7.88. The largest absolute Gasteiger partial charge is 0.311 e. The summed E-state index contributed by atoms with van der Waals surface area (Å²) >= 11 is 11.8. The Morgan fingerprint density at radius 2 is 1.76 bits per heavy atom. The van der Waals surface area contributed by atoms with E-state index in [0.717, 1.165) is 11.3 Å². The van der Waals surface area contributed by atoms with Crippen LogP contribution in [0.4, 0.5) is 5.69 Å². The third-order valence-corrected chi connectivity index (χ3v) is 5.66. The van der Waals surface area contributed by atoms with Crippen LogP contribution in [0.1, 0.15) is 11.1 Å². The Balaban J connectivity index is 1.60. The Morgan fingerprint density at radius 3 is 2.48 bits per heavy atom. The monoisotopic (exact) mass is 398 g/mol. The number of nitrogens with one attached hydrogen (secondary N) is 1. The van der Waals surface area contributed by atoms with E-state index < -0.39 is 10.0 Å². The Labute approximate surface area is 156 Å². The van der Waals surface area contributed by atoms with E-state index in [2.05, 4.69) is 4.72 Å². The molecule has 3 rings (SSSR count). The lowest BCUT2D eigenvalue weighted by molar-refractivity contribution is -0.117. The second-order valence-corrected chi connectivity index (χ2v) is 8.46. The first-order chi connectivity index (χ1) is 11.8. The summed E-state index contributed by atoms with van der Waals surface area (Å²) in [4.78, 5) is 13.7. The van der Waals surface area contributed by atoms with Crippen molar-refractivity contribution in [2.24, 2.45) is 0 Å². The molecule has 0 saturated carbocycles. The molecule has 0 atom stereocenters. The van der Waals surface area contributed by atoms with Crippen LogP contribution in [0.15, 0.2) is 42.5 Å². The molecule has 132 valence electrons. The summed E-state index contributed by atoms with van der Waals surface area (Å²) in [7, 11) is -3.56. The molecule has 5 nitrogen and oxygen atoms in total. The maximum Gasteiger partial charge on any atom is 0.231 e. The van der Waals surface area contributed by atoms with Gasteiger partial charge in [0.2, 0.25) is 15.9 Å². The lowest BCUT2D eigenvalue weighted by atomic mass is 10.2. The van der Waals surface area contributed by atoms with Crippen LogP contribution >= 0.6 is 23.2 Å². The van der Waals surface area contributed by atoms with Crippen LogP contribution in [0, 0.1) is 0 Å². The second kappa shape index (κ2) is 7.33. The number of amides is 1. The molecule has 25 heavy (non-hydrogen) atoms. The number of fused-ring (bicyclic) bond motifs is 1. The highest BCUT2D eigenvalue weighted by Crippen LogP contribution is 2.27. The molecule has 8 heteroatoms. The molecule has 1 aliphatic heterocycles. The SMILES string of the molecule is O=C1Cc2ccccc2N1CCNS(=O)(=O)Cc1cc(Cl)cc(Cl)c1. The van der Waals surface area contributed by atoms with Crippen LogP contribution in [-0.4, -0.2) is 27.4 Å². The van der Waals surface area contributed by atoms with Gasteiger partial charge in [0.1, 0.15) is 0 Å². The number of rotatable bonds is 6. The number of halogens is 2. The minimum Gasteiger partial charge on any atom is -0.311 e. The zero-order valence-electron chi connectivity index (χ0n) is 13.2. The van der Waals surface area contributed by atoms with Gasteiger partial charge in [-0.2, -0.15) is 0 Å². The summed E-state index contributed by atoms with van der Waals surface area (Å²) in [5.74, 6) is -0.250. The number of hydrogen-bond acceptors (Lipinski definition) is 3. The first-order valence-electron chi connectivity index (χ1n) is 7.65. The lowest BCUT2D eigenvalue weighted by Gasteiger charge is -2.17. The molecule has 0 saturated heterocycles. The van der Waals surface area contributed by atoms with E-state index in [1.807, 2.05) is 24.3 Å². The smallest absolute Gasteiger partial charge is 0.231 e. The van der Waals surface area contributed by atoms with E-state index in [1.165, 1.54) is 0 Å². The fraction of sp³-hybridized carbons (Fsp3) is 0.235. The quantitative estimate of drug-likeness (QED) is 0.812. The molecule has 1 amide bonds. The first-order valence-corrected chi connectivity index (χ1v) is 10.1. The van der Waals surface area contributed by atoms with Gasteiger partial charge in [-0.1, -0.05) is 41.4 Å². The fourth-order valence-electron chi connectivity index (χ4n) is 2.84. The number of carbonyl (C=O) groups excluding carboxylic acids is 1. The summed E-state index contributed by atoms with van der Waals surface area (Å²) in [5.41, 5.74) is 2.31. The summed E-state index contributed by atoms with van der Waals surface area (Å²) in [6, 6.07) is 12.2. The van der Waals surface area contributed by atoms with Gasteiger partial charge in [0.15, 0.2) is 0 Å². The third-order valence-electron chi connectivity index (χ3n) is 3.86. The molecule has 2 aromatic rings. The fourth-order valence-corrected chi connectivity index (χ4v) is 4.52. The normalized spacial score (nSPS) is 14.0. The Bertz CT molecular complexity index is 896. The van der Waals surface area contributed by atoms with Gasteiger partial charge < -0.3 is 4.90 Å². The molecular formula is C17H16Cl2N2O3S. The zero-order valence-corrected chi connectivity index (χ0v) is 15.5. The number of carbonyl (C=O) groups is 1. The number of anilines is 1. The molecule has 1 aliphatic rings. The highest BCUT2D eigenvalue weighted by Gasteiger charge is 2.26. The Kier molecular flexibility index (Phi) is 5.34. The van der Waals surface area contributed by atoms with Crippen molar-refractivity contribution in [1.82, 2.24) is 4.72 Å². The molecule has 0 aromatic heterocycles. The molecule has 0 unspecified atom stereocenters. The molecule has 0 radical (unpaired) electrons. The zero-order chi connectivity index (χ0) is 18.0. The lowest BCUT2D eigenvalue weighted by Crippen LogP contribution is -2.37. The predicted octanol–water partition coefficient (Wildman–Crippen LogP) is 3.00. The van der Waals surface area contributed by atoms with Gasteiger partial charge in [-0.25, -0.2) is 13.1 Å². The molecular weight excluding hydrogens is 383 g/mol. The Morgan fingerprint density at radius 1 is 1.08 bits per heavy atom. The molecule has 2 aromatic carbocycles. The van der Waals surface area contributed by atoms with Gasteiger partial charge in [-0.05, 0) is 35.4 Å². The van der Waals surface area contributed by atoms with Crippen molar-refractivity contribution in [3.8, 4) is 0 Å². The summed E-state index contributed by atoms with van der Waals surface area (Å²) < 4.78 is 27.0. The molecule has 0 bridgehead atoms. The van der Waals surface area contributed by atoms with Crippen LogP contribution in [-0.2, 0) is 27.0 Å². The standard InChI is InChI=1S/C17H16Cl2N2O3S/c18-14-7-12(8-15(19)10-14)11-25(23,24)20-5-6-21-16-4-2-1-3-13(16)9-17(21)22/h1-4,7-8,10,20H,5-6,9,11H2. The number of nitrogens with zero attached hydrogens (tertiary/aromatic N) is 1. The number of hydrogen-bond donors (Lipinski definition) is 1. The van der Waals surface area contributed by atoms with Crippen molar-refractivity contribution in [2.75, 3.05) is 18.0 Å². The van der Waals surface area contributed by atoms with Crippen molar-refractivity contribution in [3.05, 3.63) is 63.6 Å². The highest BCUT2D eigenvalue weighted by atomic mass is 35.5. The van der Waals surface area contributed by atoms with Gasteiger partial charge in [-0.15, -0.1) is 0 Å². The topological polar surface area (TPSA) is 66.5 Å². The van der Waals surface area contributed by atoms with E-state index in [-0.39, 0.29) is 24.7 Å². The van der Waals surface area contributed by atoms with Crippen molar-refractivity contribution >= 4 is 44.8 Å². The summed E-state index contributed by atoms with van der Waals surface area (Å²) in [6.45, 7) is 0.419.